The molecule has 0 heterocycles. The first-order valence-corrected chi connectivity index (χ1v) is 5.80. The number of rotatable bonds is 4. The van der Waals surface area contributed by atoms with Crippen LogP contribution in [0.1, 0.15) is 11.7 Å². The van der Waals surface area contributed by atoms with Crippen molar-refractivity contribution in [3.8, 4) is 0 Å². The van der Waals surface area contributed by atoms with E-state index in [9.17, 15) is 22.7 Å². The summed E-state index contributed by atoms with van der Waals surface area (Å²) in [7, 11) is 0. The number of hydrogen-bond acceptors (Lipinski definition) is 2. The number of benzene rings is 2. The Bertz CT molecular complexity index is 578. The zero-order valence-corrected chi connectivity index (χ0v) is 10.2. The summed E-state index contributed by atoms with van der Waals surface area (Å²) >= 11 is 0. The normalized spacial score (nSPS) is 12.2. The molecular formula is C14H11F4NO. The molecule has 0 amide bonds. The zero-order valence-electron chi connectivity index (χ0n) is 10.2. The van der Waals surface area contributed by atoms with Crippen molar-refractivity contribution in [3.05, 3.63) is 65.2 Å². The molecule has 0 aliphatic heterocycles. The van der Waals surface area contributed by atoms with Crippen molar-refractivity contribution in [1.82, 2.24) is 0 Å². The molecule has 1 atom stereocenters. The molecule has 0 spiro atoms. The summed E-state index contributed by atoms with van der Waals surface area (Å²) in [4.78, 5) is 0. The van der Waals surface area contributed by atoms with Gasteiger partial charge in [0.15, 0.2) is 23.3 Å². The maximum Gasteiger partial charge on any atom is 0.185 e. The van der Waals surface area contributed by atoms with Crippen molar-refractivity contribution >= 4 is 5.69 Å². The molecule has 106 valence electrons. The van der Waals surface area contributed by atoms with Gasteiger partial charge >= 0.3 is 0 Å². The summed E-state index contributed by atoms with van der Waals surface area (Å²) in [6, 6.07) is 8.47. The van der Waals surface area contributed by atoms with Crippen molar-refractivity contribution < 1.29 is 22.7 Å². The molecule has 6 heteroatoms. The molecule has 0 fully saturated rings. The predicted octanol–water partition coefficient (Wildman–Crippen LogP) is 3.39. The van der Waals surface area contributed by atoms with Gasteiger partial charge in [0.05, 0.1) is 6.10 Å². The monoisotopic (exact) mass is 285 g/mol. The summed E-state index contributed by atoms with van der Waals surface area (Å²) in [5, 5.41) is 12.0. The van der Waals surface area contributed by atoms with Crippen LogP contribution in [0.4, 0.5) is 23.2 Å². The Hall–Kier alpha value is -2.08. The molecule has 0 aliphatic carbocycles. The van der Waals surface area contributed by atoms with Gasteiger partial charge in [0.2, 0.25) is 0 Å². The Balaban J connectivity index is 2.16. The van der Waals surface area contributed by atoms with Crippen LogP contribution in [0, 0.1) is 23.3 Å². The first-order chi connectivity index (χ1) is 9.50. The fourth-order valence-corrected chi connectivity index (χ4v) is 1.72. The summed E-state index contributed by atoms with van der Waals surface area (Å²) in [5.41, 5.74) is -0.421. The molecule has 0 aliphatic rings. The smallest absolute Gasteiger partial charge is 0.185 e. The highest BCUT2D eigenvalue weighted by atomic mass is 19.2. The van der Waals surface area contributed by atoms with Gasteiger partial charge in [-0.2, -0.15) is 0 Å². The zero-order chi connectivity index (χ0) is 14.7. The van der Waals surface area contributed by atoms with E-state index in [4.69, 9.17) is 0 Å². The second kappa shape index (κ2) is 5.92. The van der Waals surface area contributed by atoms with Gasteiger partial charge in [0.25, 0.3) is 0 Å². The minimum absolute atomic E-state index is 0.128. The molecule has 20 heavy (non-hydrogen) atoms. The summed E-state index contributed by atoms with van der Waals surface area (Å²) in [5.74, 6) is -6.05. The van der Waals surface area contributed by atoms with Crippen molar-refractivity contribution in [1.29, 1.82) is 0 Å². The molecule has 2 aromatic carbocycles. The van der Waals surface area contributed by atoms with Crippen LogP contribution in [0.5, 0.6) is 0 Å². The molecule has 2 N–H and O–H groups in total. The van der Waals surface area contributed by atoms with Crippen molar-refractivity contribution in [2.75, 3.05) is 11.9 Å². The van der Waals surface area contributed by atoms with E-state index in [1.807, 2.05) is 0 Å². The average Bonchev–Trinajstić information content (AvgIpc) is 2.46. The van der Waals surface area contributed by atoms with Gasteiger partial charge in [0, 0.05) is 12.6 Å². The summed E-state index contributed by atoms with van der Waals surface area (Å²) in [6.45, 7) is -0.291. The maximum absolute atomic E-state index is 13.4. The third-order valence-corrected chi connectivity index (χ3v) is 2.77. The van der Waals surface area contributed by atoms with Crippen molar-refractivity contribution in [3.63, 3.8) is 0 Å². The molecule has 0 saturated carbocycles. The number of anilines is 1. The van der Waals surface area contributed by atoms with Crippen molar-refractivity contribution in [2.45, 2.75) is 6.10 Å². The van der Waals surface area contributed by atoms with Crippen LogP contribution in [0.3, 0.4) is 0 Å². The largest absolute Gasteiger partial charge is 0.387 e. The Labute approximate surface area is 112 Å². The van der Waals surface area contributed by atoms with E-state index in [1.54, 1.807) is 30.3 Å². The first-order valence-electron chi connectivity index (χ1n) is 5.80. The second-order valence-electron chi connectivity index (χ2n) is 4.15. The molecular weight excluding hydrogens is 274 g/mol. The SMILES string of the molecule is OC(CNc1c(F)c(F)cc(F)c1F)c1ccccc1. The Morgan fingerprint density at radius 2 is 1.50 bits per heavy atom. The lowest BCUT2D eigenvalue weighted by atomic mass is 10.1. The molecule has 0 saturated heterocycles. The predicted molar refractivity (Wildman–Crippen MR) is 66.2 cm³/mol. The number of halogens is 4. The van der Waals surface area contributed by atoms with E-state index >= 15 is 0 Å². The highest BCUT2D eigenvalue weighted by molar-refractivity contribution is 5.47. The lowest BCUT2D eigenvalue weighted by molar-refractivity contribution is 0.191. The van der Waals surface area contributed by atoms with Gasteiger partial charge < -0.3 is 10.4 Å². The standard InChI is InChI=1S/C14H11F4NO/c15-9-6-10(16)13(18)14(12(9)17)19-7-11(20)8-4-2-1-3-5-8/h1-6,11,19-20H,7H2. The van der Waals surface area contributed by atoms with Crippen LogP contribution >= 0.6 is 0 Å². The fraction of sp³-hybridized carbons (Fsp3) is 0.143. The van der Waals surface area contributed by atoms with Crippen LogP contribution in [0.15, 0.2) is 36.4 Å². The van der Waals surface area contributed by atoms with E-state index in [2.05, 4.69) is 5.32 Å². The Morgan fingerprint density at radius 3 is 2.05 bits per heavy atom. The van der Waals surface area contributed by atoms with Gasteiger partial charge in [-0.3, -0.25) is 0 Å². The number of aliphatic hydroxyl groups is 1. The van der Waals surface area contributed by atoms with Crippen LogP contribution < -0.4 is 5.32 Å². The van der Waals surface area contributed by atoms with E-state index in [1.165, 1.54) is 0 Å². The van der Waals surface area contributed by atoms with Gasteiger partial charge in [-0.05, 0) is 5.56 Å². The fourth-order valence-electron chi connectivity index (χ4n) is 1.72. The van der Waals surface area contributed by atoms with Gasteiger partial charge in [-0.1, -0.05) is 30.3 Å². The van der Waals surface area contributed by atoms with Crippen LogP contribution in [-0.2, 0) is 0 Å². The topological polar surface area (TPSA) is 32.3 Å². The molecule has 2 aromatic rings. The third-order valence-electron chi connectivity index (χ3n) is 2.77. The third kappa shape index (κ3) is 2.91. The van der Waals surface area contributed by atoms with E-state index < -0.39 is 35.1 Å². The highest BCUT2D eigenvalue weighted by Gasteiger charge is 2.19. The molecule has 0 bridgehead atoms. The molecule has 0 aromatic heterocycles. The summed E-state index contributed by atoms with van der Waals surface area (Å²) in [6.07, 6.45) is -1.07. The van der Waals surface area contributed by atoms with Crippen molar-refractivity contribution in [2.24, 2.45) is 0 Å². The van der Waals surface area contributed by atoms with Gasteiger partial charge in [0.1, 0.15) is 5.69 Å². The minimum Gasteiger partial charge on any atom is -0.387 e. The quantitative estimate of drug-likeness (QED) is 0.666. The summed E-state index contributed by atoms with van der Waals surface area (Å²) < 4.78 is 52.7. The number of hydrogen-bond donors (Lipinski definition) is 2. The second-order valence-corrected chi connectivity index (χ2v) is 4.15. The lowest BCUT2D eigenvalue weighted by Gasteiger charge is -2.14. The number of aliphatic hydroxyl groups excluding tert-OH is 1. The van der Waals surface area contributed by atoms with Crippen LogP contribution in [0.25, 0.3) is 0 Å². The molecule has 2 nitrogen and oxygen atoms in total. The molecule has 0 radical (unpaired) electrons. The van der Waals surface area contributed by atoms with Crippen LogP contribution in [0.2, 0.25) is 0 Å². The van der Waals surface area contributed by atoms with E-state index in [0.717, 1.165) is 0 Å². The average molecular weight is 285 g/mol. The molecule has 1 unspecified atom stereocenters. The van der Waals surface area contributed by atoms with Crippen LogP contribution in [-0.4, -0.2) is 11.7 Å². The minimum atomic E-state index is -1.52. The Morgan fingerprint density at radius 1 is 0.950 bits per heavy atom. The van der Waals surface area contributed by atoms with Gasteiger partial charge in [-0.25, -0.2) is 17.6 Å². The van der Waals surface area contributed by atoms with Gasteiger partial charge in [-0.15, -0.1) is 0 Å². The molecule has 2 rings (SSSR count). The number of nitrogens with one attached hydrogen (secondary N) is 1. The highest BCUT2D eigenvalue weighted by Crippen LogP contribution is 2.25. The first kappa shape index (κ1) is 14.3. The lowest BCUT2D eigenvalue weighted by Crippen LogP contribution is -2.15. The Kier molecular flexibility index (Phi) is 4.24. The van der Waals surface area contributed by atoms with E-state index in [0.29, 0.717) is 5.56 Å². The maximum atomic E-state index is 13.4. The van der Waals surface area contributed by atoms with E-state index in [-0.39, 0.29) is 12.6 Å².